The second-order valence-electron chi connectivity index (χ2n) is 7.22. The van der Waals surface area contributed by atoms with Gasteiger partial charge in [-0.3, -0.25) is 9.59 Å². The van der Waals surface area contributed by atoms with Crippen molar-refractivity contribution in [3.05, 3.63) is 78.4 Å². The van der Waals surface area contributed by atoms with E-state index < -0.39 is 0 Å². The lowest BCUT2D eigenvalue weighted by molar-refractivity contribution is -0.115. The summed E-state index contributed by atoms with van der Waals surface area (Å²) in [5.74, 6) is 0.604. The Labute approximate surface area is 203 Å². The van der Waals surface area contributed by atoms with Gasteiger partial charge in [0.15, 0.2) is 10.9 Å². The summed E-state index contributed by atoms with van der Waals surface area (Å²) in [6, 6.07) is 22.1. The number of thiocarbonyl (C=S) groups is 1. The van der Waals surface area contributed by atoms with E-state index in [0.29, 0.717) is 22.1 Å². The number of carbonyl (C=O) groups excluding carboxylic acids is 2. The van der Waals surface area contributed by atoms with Gasteiger partial charge in [0.05, 0.1) is 12.4 Å². The molecule has 8 heteroatoms. The van der Waals surface area contributed by atoms with Crippen LogP contribution in [0.3, 0.4) is 0 Å². The summed E-state index contributed by atoms with van der Waals surface area (Å²) >= 11 is 6.85. The minimum atomic E-state index is -0.309. The molecule has 3 N–H and O–H groups in total. The van der Waals surface area contributed by atoms with E-state index in [0.717, 1.165) is 16.3 Å². The topological polar surface area (TPSA) is 79.5 Å². The molecule has 170 valence electrons. The van der Waals surface area contributed by atoms with Crippen LogP contribution in [-0.2, 0) is 4.79 Å². The predicted octanol–water partition coefficient (Wildman–Crippen LogP) is 5.83. The lowest BCUT2D eigenvalue weighted by atomic mass is 10.1. The van der Waals surface area contributed by atoms with Gasteiger partial charge >= 0.3 is 0 Å². The quantitative estimate of drug-likeness (QED) is 0.213. The molecule has 3 aromatic rings. The van der Waals surface area contributed by atoms with Crippen molar-refractivity contribution in [1.82, 2.24) is 0 Å². The standard InChI is InChI=1S/C25H25N3O3S2/c1-16(29)18-10-12-19(13-11-18)27-25(32)28-21-7-5-9-23(15-21)33-17(2)24(30)26-20-6-4-8-22(14-20)31-3/h4-15,17H,1-3H3,(H,26,30)(H2,27,28,32). The molecule has 6 nitrogen and oxygen atoms in total. The van der Waals surface area contributed by atoms with Gasteiger partial charge in [0.25, 0.3) is 0 Å². The van der Waals surface area contributed by atoms with E-state index in [1.165, 1.54) is 18.7 Å². The summed E-state index contributed by atoms with van der Waals surface area (Å²) in [7, 11) is 1.59. The summed E-state index contributed by atoms with van der Waals surface area (Å²) in [5, 5.41) is 9.28. The fraction of sp³-hybridized carbons (Fsp3) is 0.160. The number of ketones is 1. The van der Waals surface area contributed by atoms with E-state index in [9.17, 15) is 9.59 Å². The first-order valence-electron chi connectivity index (χ1n) is 10.2. The van der Waals surface area contributed by atoms with Gasteiger partial charge in [-0.2, -0.15) is 0 Å². The minimum absolute atomic E-state index is 0.0166. The van der Waals surface area contributed by atoms with Crippen LogP contribution in [0.4, 0.5) is 17.1 Å². The maximum atomic E-state index is 12.6. The van der Waals surface area contributed by atoms with Crippen LogP contribution >= 0.6 is 24.0 Å². The maximum Gasteiger partial charge on any atom is 0.237 e. The van der Waals surface area contributed by atoms with Gasteiger partial charge in [-0.1, -0.05) is 12.1 Å². The Morgan fingerprint density at radius 3 is 2.18 bits per heavy atom. The number of rotatable bonds is 8. The van der Waals surface area contributed by atoms with Crippen molar-refractivity contribution in [3.63, 3.8) is 0 Å². The molecular formula is C25H25N3O3S2. The molecule has 0 aromatic heterocycles. The summed E-state index contributed by atoms with van der Waals surface area (Å²) in [6.45, 7) is 3.39. The van der Waals surface area contributed by atoms with Gasteiger partial charge in [0.2, 0.25) is 5.91 Å². The number of nitrogens with one attached hydrogen (secondary N) is 3. The van der Waals surface area contributed by atoms with Crippen LogP contribution < -0.4 is 20.7 Å². The van der Waals surface area contributed by atoms with Gasteiger partial charge < -0.3 is 20.7 Å². The average molecular weight is 480 g/mol. The number of carbonyl (C=O) groups is 2. The molecule has 1 amide bonds. The number of benzene rings is 3. The second-order valence-corrected chi connectivity index (χ2v) is 9.04. The molecular weight excluding hydrogens is 454 g/mol. The fourth-order valence-corrected chi connectivity index (χ4v) is 4.09. The van der Waals surface area contributed by atoms with Crippen LogP contribution in [0.15, 0.2) is 77.7 Å². The molecule has 0 saturated carbocycles. The van der Waals surface area contributed by atoms with Crippen molar-refractivity contribution < 1.29 is 14.3 Å². The first-order valence-corrected chi connectivity index (χ1v) is 11.5. The zero-order valence-corrected chi connectivity index (χ0v) is 20.2. The van der Waals surface area contributed by atoms with Crippen LogP contribution in [0.25, 0.3) is 0 Å². The number of hydrogen-bond donors (Lipinski definition) is 3. The molecule has 1 unspecified atom stereocenters. The summed E-state index contributed by atoms with van der Waals surface area (Å²) in [4.78, 5) is 24.9. The van der Waals surface area contributed by atoms with Gasteiger partial charge in [-0.25, -0.2) is 0 Å². The summed E-state index contributed by atoms with van der Waals surface area (Å²) < 4.78 is 5.20. The van der Waals surface area contributed by atoms with Crippen LogP contribution in [0.5, 0.6) is 5.75 Å². The normalized spacial score (nSPS) is 11.2. The molecule has 33 heavy (non-hydrogen) atoms. The zero-order chi connectivity index (χ0) is 23.8. The molecule has 3 rings (SSSR count). The molecule has 3 aromatic carbocycles. The molecule has 0 fully saturated rings. The highest BCUT2D eigenvalue weighted by Crippen LogP contribution is 2.27. The predicted molar refractivity (Wildman–Crippen MR) is 140 cm³/mol. The smallest absolute Gasteiger partial charge is 0.237 e. The number of hydrogen-bond acceptors (Lipinski definition) is 5. The second kappa shape index (κ2) is 11.5. The Hall–Kier alpha value is -3.36. The van der Waals surface area contributed by atoms with Gasteiger partial charge in [-0.15, -0.1) is 11.8 Å². The van der Waals surface area contributed by atoms with E-state index in [-0.39, 0.29) is 16.9 Å². The van der Waals surface area contributed by atoms with Crippen molar-refractivity contribution in [3.8, 4) is 5.75 Å². The highest BCUT2D eigenvalue weighted by atomic mass is 32.2. The number of methoxy groups -OCH3 is 1. The summed E-state index contributed by atoms with van der Waals surface area (Å²) in [6.07, 6.45) is 0. The molecule has 0 radical (unpaired) electrons. The van der Waals surface area contributed by atoms with Crippen molar-refractivity contribution in [2.24, 2.45) is 0 Å². The van der Waals surface area contributed by atoms with Crippen molar-refractivity contribution >= 4 is 57.8 Å². The molecule has 0 aliphatic heterocycles. The molecule has 0 heterocycles. The molecule has 0 aliphatic carbocycles. The third-order valence-corrected chi connectivity index (χ3v) is 5.96. The Morgan fingerprint density at radius 1 is 0.879 bits per heavy atom. The number of anilines is 3. The third-order valence-electron chi connectivity index (χ3n) is 4.66. The van der Waals surface area contributed by atoms with E-state index in [2.05, 4.69) is 16.0 Å². The summed E-state index contributed by atoms with van der Waals surface area (Å²) in [5.41, 5.74) is 2.92. The van der Waals surface area contributed by atoms with Gasteiger partial charge in [0, 0.05) is 33.6 Å². The highest BCUT2D eigenvalue weighted by molar-refractivity contribution is 8.00. The van der Waals surface area contributed by atoms with Crippen LogP contribution in [0, 0.1) is 0 Å². The Kier molecular flexibility index (Phi) is 8.46. The lowest BCUT2D eigenvalue weighted by Crippen LogP contribution is -2.22. The SMILES string of the molecule is COc1cccc(NC(=O)C(C)Sc2cccc(NC(=S)Nc3ccc(C(C)=O)cc3)c2)c1. The first kappa shape index (κ1) is 24.3. The first-order chi connectivity index (χ1) is 15.8. The monoisotopic (exact) mass is 479 g/mol. The molecule has 1 atom stereocenters. The fourth-order valence-electron chi connectivity index (χ4n) is 2.93. The van der Waals surface area contributed by atoms with Gasteiger partial charge in [-0.05, 0) is 80.7 Å². The Morgan fingerprint density at radius 2 is 1.52 bits per heavy atom. The van der Waals surface area contributed by atoms with Crippen molar-refractivity contribution in [2.45, 2.75) is 24.0 Å². The third kappa shape index (κ3) is 7.34. The number of Topliss-reactive ketones (excluding diaryl/α,β-unsaturated/α-hetero) is 1. The maximum absolute atomic E-state index is 12.6. The largest absolute Gasteiger partial charge is 0.497 e. The average Bonchev–Trinajstić information content (AvgIpc) is 2.79. The van der Waals surface area contributed by atoms with E-state index in [1.54, 1.807) is 37.4 Å². The number of ether oxygens (including phenoxy) is 1. The molecule has 0 spiro atoms. The molecule has 0 aliphatic rings. The van der Waals surface area contributed by atoms with Crippen LogP contribution in [0.1, 0.15) is 24.2 Å². The minimum Gasteiger partial charge on any atom is -0.497 e. The van der Waals surface area contributed by atoms with E-state index in [1.807, 2.05) is 49.4 Å². The lowest BCUT2D eigenvalue weighted by Gasteiger charge is -2.14. The number of thioether (sulfide) groups is 1. The highest BCUT2D eigenvalue weighted by Gasteiger charge is 2.15. The van der Waals surface area contributed by atoms with Gasteiger partial charge in [0.1, 0.15) is 5.75 Å². The molecule has 0 bridgehead atoms. The van der Waals surface area contributed by atoms with Crippen LogP contribution in [-0.4, -0.2) is 29.2 Å². The Balaban J connectivity index is 1.56. The van der Waals surface area contributed by atoms with E-state index >= 15 is 0 Å². The van der Waals surface area contributed by atoms with Crippen molar-refractivity contribution in [1.29, 1.82) is 0 Å². The van der Waals surface area contributed by atoms with E-state index in [4.69, 9.17) is 17.0 Å². The molecule has 0 saturated heterocycles. The van der Waals surface area contributed by atoms with Crippen LogP contribution in [0.2, 0.25) is 0 Å². The van der Waals surface area contributed by atoms with Crippen molar-refractivity contribution in [2.75, 3.05) is 23.1 Å². The Bertz CT molecular complexity index is 1150. The zero-order valence-electron chi connectivity index (χ0n) is 18.5. The number of amides is 1.